The molecular formula is C32H42ClN5O3. The summed E-state index contributed by atoms with van der Waals surface area (Å²) in [6.45, 7) is 8.93. The van der Waals surface area contributed by atoms with Crippen LogP contribution in [0.2, 0.25) is 5.02 Å². The molecular weight excluding hydrogens is 538 g/mol. The Morgan fingerprint density at radius 1 is 0.976 bits per heavy atom. The van der Waals surface area contributed by atoms with Crippen LogP contribution in [0.25, 0.3) is 0 Å². The Morgan fingerprint density at radius 2 is 1.71 bits per heavy atom. The number of hydrogen-bond donors (Lipinski definition) is 0. The van der Waals surface area contributed by atoms with Crippen molar-refractivity contribution < 1.29 is 14.3 Å². The molecule has 9 heteroatoms. The van der Waals surface area contributed by atoms with Gasteiger partial charge in [0, 0.05) is 88.4 Å². The molecule has 0 N–H and O–H groups in total. The Kier molecular flexibility index (Phi) is 11.4. The number of rotatable bonds is 8. The van der Waals surface area contributed by atoms with Crippen LogP contribution in [0, 0.1) is 0 Å². The maximum Gasteiger partial charge on any atom is 0.252 e. The fourth-order valence-corrected chi connectivity index (χ4v) is 5.55. The second-order valence-electron chi connectivity index (χ2n) is 10.9. The Hall–Kier alpha value is -3.20. The number of aryl methyl sites for hydroxylation is 1. The van der Waals surface area contributed by atoms with E-state index in [2.05, 4.69) is 40.4 Å². The zero-order valence-electron chi connectivity index (χ0n) is 24.5. The molecule has 1 aliphatic rings. The molecule has 0 unspecified atom stereocenters. The number of hydrogen-bond acceptors (Lipinski definition) is 5. The van der Waals surface area contributed by atoms with Gasteiger partial charge in [-0.05, 0) is 42.2 Å². The molecule has 0 fully saturated rings. The first-order chi connectivity index (χ1) is 19.9. The number of fused-ring (bicyclic) bond motifs is 1. The molecule has 8 nitrogen and oxygen atoms in total. The van der Waals surface area contributed by atoms with E-state index in [9.17, 15) is 9.59 Å². The van der Waals surface area contributed by atoms with E-state index in [4.69, 9.17) is 16.3 Å². The van der Waals surface area contributed by atoms with Gasteiger partial charge >= 0.3 is 0 Å². The molecule has 2 amide bonds. The maximum atomic E-state index is 13.7. The van der Waals surface area contributed by atoms with Crippen molar-refractivity contribution in [2.24, 2.45) is 0 Å². The summed E-state index contributed by atoms with van der Waals surface area (Å²) in [5.74, 6) is 1.29. The quantitative estimate of drug-likeness (QED) is 0.360. The molecule has 0 radical (unpaired) electrons. The predicted molar refractivity (Wildman–Crippen MR) is 163 cm³/mol. The first kappa shape index (κ1) is 30.8. The summed E-state index contributed by atoms with van der Waals surface area (Å²) in [4.78, 5) is 37.5. The highest BCUT2D eigenvalue weighted by Gasteiger charge is 2.23. The van der Waals surface area contributed by atoms with Gasteiger partial charge in [-0.25, -0.2) is 4.98 Å². The molecule has 0 atom stereocenters. The standard InChI is InChI=1S/C32H42ClN5O3/c1-25(2)32-34-15-21-36(32)20-14-30(39)37-18-6-16-35(22-26-10-12-28(33)13-11-26)17-7-19-38(31(40)24-41-3)29-9-5-4-8-27(29)23-37/h4-5,8-13,15,21,25H,6-7,14,16-20,22-24H2,1-3H3. The van der Waals surface area contributed by atoms with E-state index in [1.54, 1.807) is 13.3 Å². The smallest absolute Gasteiger partial charge is 0.252 e. The van der Waals surface area contributed by atoms with Gasteiger partial charge in [-0.15, -0.1) is 0 Å². The van der Waals surface area contributed by atoms with Gasteiger partial charge in [-0.3, -0.25) is 14.5 Å². The summed E-state index contributed by atoms with van der Waals surface area (Å²) in [5, 5.41) is 0.721. The van der Waals surface area contributed by atoms with Gasteiger partial charge in [0.25, 0.3) is 5.91 Å². The normalized spacial score (nSPS) is 15.3. The number of anilines is 1. The first-order valence-corrected chi connectivity index (χ1v) is 14.9. The van der Waals surface area contributed by atoms with Crippen molar-refractivity contribution in [3.05, 3.63) is 82.9 Å². The SMILES string of the molecule is COCC(=O)N1CCCN(Cc2ccc(Cl)cc2)CCCN(C(=O)CCn2ccnc2C(C)C)Cc2ccccc21. The van der Waals surface area contributed by atoms with Crippen LogP contribution in [0.4, 0.5) is 5.69 Å². The summed E-state index contributed by atoms with van der Waals surface area (Å²) in [7, 11) is 1.54. The average Bonchev–Trinajstić information content (AvgIpc) is 3.43. The van der Waals surface area contributed by atoms with Crippen LogP contribution in [-0.4, -0.2) is 71.1 Å². The second-order valence-corrected chi connectivity index (χ2v) is 11.4. The molecule has 2 heterocycles. The van der Waals surface area contributed by atoms with Crippen molar-refractivity contribution in [2.45, 2.75) is 58.7 Å². The molecule has 0 aliphatic carbocycles. The van der Waals surface area contributed by atoms with E-state index in [-0.39, 0.29) is 24.3 Å². The average molecular weight is 580 g/mol. The van der Waals surface area contributed by atoms with Crippen LogP contribution in [0.3, 0.4) is 0 Å². The second kappa shape index (κ2) is 15.1. The highest BCUT2D eigenvalue weighted by atomic mass is 35.5. The summed E-state index contributed by atoms with van der Waals surface area (Å²) >= 11 is 6.11. The van der Waals surface area contributed by atoms with E-state index >= 15 is 0 Å². The molecule has 0 saturated carbocycles. The zero-order valence-corrected chi connectivity index (χ0v) is 25.2. The predicted octanol–water partition coefficient (Wildman–Crippen LogP) is 5.35. The number of imidazole rings is 1. The summed E-state index contributed by atoms with van der Waals surface area (Å²) in [6.07, 6.45) is 5.81. The van der Waals surface area contributed by atoms with Gasteiger partial charge in [-0.2, -0.15) is 0 Å². The van der Waals surface area contributed by atoms with E-state index in [1.807, 2.05) is 52.4 Å². The van der Waals surface area contributed by atoms with Crippen LogP contribution in [0.5, 0.6) is 0 Å². The molecule has 1 aliphatic heterocycles. The monoisotopic (exact) mass is 579 g/mol. The number of carbonyl (C=O) groups is 2. The van der Waals surface area contributed by atoms with Crippen LogP contribution in [0.1, 0.15) is 56.0 Å². The van der Waals surface area contributed by atoms with Crippen LogP contribution >= 0.6 is 11.6 Å². The van der Waals surface area contributed by atoms with Crippen molar-refractivity contribution in [2.75, 3.05) is 44.8 Å². The Balaban J connectivity index is 1.57. The number of benzene rings is 2. The van der Waals surface area contributed by atoms with E-state index in [1.165, 1.54) is 5.56 Å². The molecule has 3 aromatic rings. The third-order valence-corrected chi connectivity index (χ3v) is 7.73. The van der Waals surface area contributed by atoms with Crippen molar-refractivity contribution >= 4 is 29.1 Å². The first-order valence-electron chi connectivity index (χ1n) is 14.5. The Bertz CT molecular complexity index is 1280. The number of aromatic nitrogens is 2. The van der Waals surface area contributed by atoms with Gasteiger partial charge in [0.2, 0.25) is 5.91 Å². The largest absolute Gasteiger partial charge is 0.375 e. The minimum atomic E-state index is -0.0829. The zero-order chi connectivity index (χ0) is 29.2. The van der Waals surface area contributed by atoms with Gasteiger partial charge < -0.3 is 19.1 Å². The molecule has 0 spiro atoms. The molecule has 1 aromatic heterocycles. The summed E-state index contributed by atoms with van der Waals surface area (Å²) in [6, 6.07) is 15.9. The highest BCUT2D eigenvalue weighted by Crippen LogP contribution is 2.25. The fourth-order valence-electron chi connectivity index (χ4n) is 5.43. The van der Waals surface area contributed by atoms with Crippen LogP contribution in [0.15, 0.2) is 60.9 Å². The molecule has 0 saturated heterocycles. The highest BCUT2D eigenvalue weighted by molar-refractivity contribution is 6.30. The van der Waals surface area contributed by atoms with Crippen LogP contribution < -0.4 is 4.90 Å². The lowest BCUT2D eigenvalue weighted by molar-refractivity contribution is -0.132. The number of nitrogens with zero attached hydrogens (tertiary/aromatic N) is 5. The topological polar surface area (TPSA) is 70.9 Å². The third kappa shape index (κ3) is 8.64. The lowest BCUT2D eigenvalue weighted by Gasteiger charge is -2.32. The van der Waals surface area contributed by atoms with Gasteiger partial charge in [0.05, 0.1) is 0 Å². The van der Waals surface area contributed by atoms with Gasteiger partial charge in [-0.1, -0.05) is 55.8 Å². The Morgan fingerprint density at radius 3 is 2.44 bits per heavy atom. The van der Waals surface area contributed by atoms with Crippen molar-refractivity contribution in [1.82, 2.24) is 19.4 Å². The summed E-state index contributed by atoms with van der Waals surface area (Å²) < 4.78 is 7.30. The lowest BCUT2D eigenvalue weighted by Crippen LogP contribution is -2.40. The number of halogens is 1. The molecule has 220 valence electrons. The van der Waals surface area contributed by atoms with E-state index in [0.717, 1.165) is 54.6 Å². The molecule has 41 heavy (non-hydrogen) atoms. The number of carbonyl (C=O) groups excluding carboxylic acids is 2. The molecule has 2 aromatic carbocycles. The van der Waals surface area contributed by atoms with Gasteiger partial charge in [0.15, 0.2) is 0 Å². The van der Waals surface area contributed by atoms with E-state index in [0.29, 0.717) is 32.6 Å². The molecule has 0 bridgehead atoms. The number of amides is 2. The lowest BCUT2D eigenvalue weighted by atomic mass is 10.1. The fraction of sp³-hybridized carbons (Fsp3) is 0.469. The third-order valence-electron chi connectivity index (χ3n) is 7.47. The van der Waals surface area contributed by atoms with Crippen LogP contribution in [-0.2, 0) is 34.0 Å². The number of methoxy groups -OCH3 is 1. The number of para-hydroxylation sites is 1. The van der Waals surface area contributed by atoms with Crippen molar-refractivity contribution in [1.29, 1.82) is 0 Å². The van der Waals surface area contributed by atoms with Crippen molar-refractivity contribution in [3.63, 3.8) is 0 Å². The minimum Gasteiger partial charge on any atom is -0.375 e. The molecule has 4 rings (SSSR count). The minimum absolute atomic E-state index is 0.00849. The van der Waals surface area contributed by atoms with Crippen molar-refractivity contribution in [3.8, 4) is 0 Å². The summed E-state index contributed by atoms with van der Waals surface area (Å²) in [5.41, 5.74) is 3.00. The number of ether oxygens (including phenoxy) is 1. The van der Waals surface area contributed by atoms with Gasteiger partial charge in [0.1, 0.15) is 12.4 Å². The Labute approximate surface area is 248 Å². The maximum absolute atomic E-state index is 13.7. The van der Waals surface area contributed by atoms with E-state index < -0.39 is 0 Å².